The van der Waals surface area contributed by atoms with Crippen LogP contribution in [0.2, 0.25) is 0 Å². The monoisotopic (exact) mass is 206 g/mol. The molecular weight excluding hydrogens is 200 g/mol. The van der Waals surface area contributed by atoms with Crippen LogP contribution in [0, 0.1) is 0 Å². The zero-order valence-electron chi connectivity index (χ0n) is 7.18. The molecule has 3 nitrogen and oxygen atoms in total. The van der Waals surface area contributed by atoms with Gasteiger partial charge in [0.15, 0.2) is 5.17 Å². The molecule has 0 radical (unpaired) electrons. The number of hydrogen-bond donors (Lipinski definition) is 1. The lowest BCUT2D eigenvalue weighted by Crippen LogP contribution is -1.90. The third kappa shape index (κ3) is 1.54. The average molecular weight is 207 g/mol. The van der Waals surface area contributed by atoms with Crippen LogP contribution in [0.15, 0.2) is 41.8 Å². The number of fused-ring (bicyclic) bond motifs is 1. The minimum Gasteiger partial charge on any atom is -0.410 e. The van der Waals surface area contributed by atoms with Gasteiger partial charge in [-0.2, -0.15) is 0 Å². The molecule has 1 N–H and O–H groups in total. The Hall–Kier alpha value is -1.61. The van der Waals surface area contributed by atoms with Crippen LogP contribution in [0.3, 0.4) is 0 Å². The summed E-state index contributed by atoms with van der Waals surface area (Å²) in [6.07, 6.45) is 3.46. The van der Waals surface area contributed by atoms with Gasteiger partial charge in [0, 0.05) is 23.3 Å². The Bertz CT molecular complexity index is 496. The van der Waals surface area contributed by atoms with Gasteiger partial charge in [-0.25, -0.2) is 0 Å². The van der Waals surface area contributed by atoms with Crippen LogP contribution >= 0.6 is 11.6 Å². The number of aromatic nitrogens is 1. The highest BCUT2D eigenvalue weighted by molar-refractivity contribution is 6.69. The number of benzene rings is 1. The summed E-state index contributed by atoms with van der Waals surface area (Å²) in [6, 6.07) is 7.43. The number of halogens is 1. The first kappa shape index (κ1) is 8.97. The molecule has 14 heavy (non-hydrogen) atoms. The molecule has 0 aliphatic heterocycles. The second-order valence-corrected chi connectivity index (χ2v) is 3.19. The third-order valence-corrected chi connectivity index (χ3v) is 2.26. The van der Waals surface area contributed by atoms with Gasteiger partial charge in [-0.05, 0) is 17.5 Å². The van der Waals surface area contributed by atoms with Crippen LogP contribution in [0.1, 0.15) is 5.56 Å². The summed E-state index contributed by atoms with van der Waals surface area (Å²) >= 11 is 5.67. The zero-order valence-corrected chi connectivity index (χ0v) is 7.94. The molecule has 0 aliphatic carbocycles. The lowest BCUT2D eigenvalue weighted by molar-refractivity contribution is 0.321. The van der Waals surface area contributed by atoms with E-state index in [2.05, 4.69) is 10.1 Å². The van der Waals surface area contributed by atoms with Crippen LogP contribution in [0.25, 0.3) is 10.8 Å². The Labute approximate surface area is 85.6 Å². The maximum atomic E-state index is 8.50. The molecule has 2 rings (SSSR count). The van der Waals surface area contributed by atoms with Crippen molar-refractivity contribution in [1.82, 2.24) is 4.98 Å². The first-order valence-electron chi connectivity index (χ1n) is 4.03. The van der Waals surface area contributed by atoms with Crippen LogP contribution in [-0.4, -0.2) is 15.4 Å². The van der Waals surface area contributed by atoms with Gasteiger partial charge in [-0.1, -0.05) is 28.9 Å². The van der Waals surface area contributed by atoms with Gasteiger partial charge in [0.1, 0.15) is 0 Å². The van der Waals surface area contributed by atoms with E-state index in [1.807, 2.05) is 18.2 Å². The van der Waals surface area contributed by atoms with Gasteiger partial charge in [-0.3, -0.25) is 4.98 Å². The molecule has 0 saturated carbocycles. The lowest BCUT2D eigenvalue weighted by atomic mass is 10.1. The second-order valence-electron chi connectivity index (χ2n) is 2.83. The maximum absolute atomic E-state index is 8.50. The number of oxime groups is 1. The van der Waals surface area contributed by atoms with Gasteiger partial charge in [0.2, 0.25) is 0 Å². The fourth-order valence-corrected chi connectivity index (χ4v) is 1.39. The molecule has 2 aromatic rings. The van der Waals surface area contributed by atoms with E-state index in [1.54, 1.807) is 18.5 Å². The zero-order chi connectivity index (χ0) is 9.97. The molecule has 4 heteroatoms. The van der Waals surface area contributed by atoms with Gasteiger partial charge in [0.25, 0.3) is 0 Å². The quantitative estimate of drug-likeness (QED) is 0.443. The van der Waals surface area contributed by atoms with Crippen molar-refractivity contribution in [2.24, 2.45) is 5.16 Å². The summed E-state index contributed by atoms with van der Waals surface area (Å²) in [5.74, 6) is 0. The Balaban J connectivity index is 2.62. The minimum absolute atomic E-state index is 0.0794. The minimum atomic E-state index is 0.0794. The van der Waals surface area contributed by atoms with E-state index < -0.39 is 0 Å². The molecule has 0 spiro atoms. The van der Waals surface area contributed by atoms with E-state index in [0.29, 0.717) is 5.56 Å². The highest BCUT2D eigenvalue weighted by Gasteiger charge is 2.01. The molecule has 70 valence electrons. The highest BCUT2D eigenvalue weighted by Crippen LogP contribution is 2.15. The molecule has 0 aliphatic rings. The SMILES string of the molecule is O/N=C(\Cl)c1ccc2ccncc2c1. The van der Waals surface area contributed by atoms with Crippen molar-refractivity contribution >= 4 is 27.5 Å². The predicted octanol–water partition coefficient (Wildman–Crippen LogP) is 2.61. The summed E-state index contributed by atoms with van der Waals surface area (Å²) in [4.78, 5) is 3.99. The first-order valence-corrected chi connectivity index (χ1v) is 4.41. The second kappa shape index (κ2) is 3.64. The van der Waals surface area contributed by atoms with E-state index in [1.165, 1.54) is 0 Å². The van der Waals surface area contributed by atoms with Crippen molar-refractivity contribution in [1.29, 1.82) is 0 Å². The summed E-state index contributed by atoms with van der Waals surface area (Å²) in [7, 11) is 0. The third-order valence-electron chi connectivity index (χ3n) is 1.97. The fraction of sp³-hybridized carbons (Fsp3) is 0. The standard InChI is InChI=1S/C10H7ClN2O/c11-10(13-14)8-2-1-7-3-4-12-6-9(7)5-8/h1-6,14H/b13-10-. The van der Waals surface area contributed by atoms with Crippen molar-refractivity contribution in [2.45, 2.75) is 0 Å². The molecule has 1 heterocycles. The smallest absolute Gasteiger partial charge is 0.175 e. The Morgan fingerprint density at radius 1 is 1.29 bits per heavy atom. The summed E-state index contributed by atoms with van der Waals surface area (Å²) in [5, 5.41) is 13.5. The van der Waals surface area contributed by atoms with Gasteiger partial charge >= 0.3 is 0 Å². The predicted molar refractivity (Wildman–Crippen MR) is 55.9 cm³/mol. The molecule has 0 amide bonds. The van der Waals surface area contributed by atoms with Crippen LogP contribution in [-0.2, 0) is 0 Å². The molecule has 0 bridgehead atoms. The first-order chi connectivity index (χ1) is 6.81. The van der Waals surface area contributed by atoms with E-state index in [0.717, 1.165) is 10.8 Å². The van der Waals surface area contributed by atoms with E-state index in [9.17, 15) is 0 Å². The van der Waals surface area contributed by atoms with Gasteiger partial charge in [-0.15, -0.1) is 0 Å². The largest absolute Gasteiger partial charge is 0.410 e. The summed E-state index contributed by atoms with van der Waals surface area (Å²) in [5.41, 5.74) is 0.676. The number of nitrogens with zero attached hydrogens (tertiary/aromatic N) is 2. The summed E-state index contributed by atoms with van der Waals surface area (Å²) in [6.45, 7) is 0. The lowest BCUT2D eigenvalue weighted by Gasteiger charge is -1.99. The van der Waals surface area contributed by atoms with E-state index >= 15 is 0 Å². The normalized spacial score (nSPS) is 11.9. The van der Waals surface area contributed by atoms with Crippen molar-refractivity contribution in [3.8, 4) is 0 Å². The van der Waals surface area contributed by atoms with Crippen molar-refractivity contribution in [3.05, 3.63) is 42.2 Å². The number of pyridine rings is 1. The highest BCUT2D eigenvalue weighted by atomic mass is 35.5. The van der Waals surface area contributed by atoms with Crippen molar-refractivity contribution in [3.63, 3.8) is 0 Å². The number of rotatable bonds is 1. The topological polar surface area (TPSA) is 45.5 Å². The summed E-state index contributed by atoms with van der Waals surface area (Å²) < 4.78 is 0. The van der Waals surface area contributed by atoms with E-state index in [-0.39, 0.29) is 5.17 Å². The van der Waals surface area contributed by atoms with Crippen LogP contribution in [0.4, 0.5) is 0 Å². The molecule has 0 saturated heterocycles. The van der Waals surface area contributed by atoms with Gasteiger partial charge < -0.3 is 5.21 Å². The Morgan fingerprint density at radius 3 is 2.93 bits per heavy atom. The van der Waals surface area contributed by atoms with Crippen molar-refractivity contribution < 1.29 is 5.21 Å². The molecular formula is C10H7ClN2O. The van der Waals surface area contributed by atoms with Crippen LogP contribution in [0.5, 0.6) is 0 Å². The Kier molecular flexibility index (Phi) is 2.33. The van der Waals surface area contributed by atoms with Gasteiger partial charge in [0.05, 0.1) is 0 Å². The molecule has 0 unspecified atom stereocenters. The van der Waals surface area contributed by atoms with Crippen molar-refractivity contribution in [2.75, 3.05) is 0 Å². The molecule has 1 aromatic carbocycles. The fourth-order valence-electron chi connectivity index (χ4n) is 1.27. The molecule has 0 atom stereocenters. The van der Waals surface area contributed by atoms with E-state index in [4.69, 9.17) is 16.8 Å². The maximum Gasteiger partial charge on any atom is 0.175 e. The number of hydrogen-bond acceptors (Lipinski definition) is 3. The Morgan fingerprint density at radius 2 is 2.14 bits per heavy atom. The molecule has 0 fully saturated rings. The molecule has 1 aromatic heterocycles. The average Bonchev–Trinajstić information content (AvgIpc) is 2.27. The van der Waals surface area contributed by atoms with Crippen LogP contribution < -0.4 is 0 Å².